The van der Waals surface area contributed by atoms with E-state index in [1.807, 2.05) is 6.92 Å². The Morgan fingerprint density at radius 2 is 2.00 bits per heavy atom. The van der Waals surface area contributed by atoms with Crippen molar-refractivity contribution in [1.82, 2.24) is 0 Å². The van der Waals surface area contributed by atoms with Crippen LogP contribution in [0.15, 0.2) is 18.2 Å². The lowest BCUT2D eigenvalue weighted by atomic mass is 9.71. The minimum absolute atomic E-state index is 0.152. The lowest BCUT2D eigenvalue weighted by Gasteiger charge is -2.32. The van der Waals surface area contributed by atoms with Crippen molar-refractivity contribution in [3.05, 3.63) is 29.6 Å². The molecule has 2 nitrogen and oxygen atoms in total. The molecule has 0 atom stereocenters. The Balaban J connectivity index is 2.14. The average Bonchev–Trinajstić information content (AvgIpc) is 2.42. The van der Waals surface area contributed by atoms with Crippen LogP contribution < -0.4 is 4.74 Å². The van der Waals surface area contributed by atoms with Crippen LogP contribution in [0.1, 0.15) is 44.6 Å². The summed E-state index contributed by atoms with van der Waals surface area (Å²) in [5, 5.41) is 0. The highest BCUT2D eigenvalue weighted by atomic mass is 19.1. The minimum atomic E-state index is -0.405. The molecule has 0 heterocycles. The molecule has 19 heavy (non-hydrogen) atoms. The molecule has 0 bridgehead atoms. The number of rotatable bonds is 4. The first-order valence-electron chi connectivity index (χ1n) is 6.91. The van der Waals surface area contributed by atoms with Gasteiger partial charge in [-0.3, -0.25) is 4.79 Å². The molecular formula is C16H21FO2. The molecule has 0 unspecified atom stereocenters. The summed E-state index contributed by atoms with van der Waals surface area (Å²) in [6.45, 7) is 2.02. The number of halogens is 1. The van der Waals surface area contributed by atoms with Crippen LogP contribution in [-0.2, 0) is 11.2 Å². The third-order valence-corrected chi connectivity index (χ3v) is 4.24. The number of ether oxygens (including phenoxy) is 1. The van der Waals surface area contributed by atoms with Gasteiger partial charge in [-0.1, -0.05) is 38.3 Å². The summed E-state index contributed by atoms with van der Waals surface area (Å²) in [4.78, 5) is 12.4. The second kappa shape index (κ2) is 5.72. The molecule has 0 amide bonds. The molecule has 1 aromatic carbocycles. The Morgan fingerprint density at radius 1 is 1.32 bits per heavy atom. The van der Waals surface area contributed by atoms with E-state index < -0.39 is 5.82 Å². The van der Waals surface area contributed by atoms with Gasteiger partial charge < -0.3 is 4.74 Å². The second-order valence-corrected chi connectivity index (χ2v) is 5.65. The highest BCUT2D eigenvalue weighted by molar-refractivity contribution is 5.86. The van der Waals surface area contributed by atoms with Crippen molar-refractivity contribution in [2.75, 3.05) is 7.11 Å². The van der Waals surface area contributed by atoms with E-state index in [1.54, 1.807) is 18.2 Å². The van der Waals surface area contributed by atoms with Gasteiger partial charge in [0.2, 0.25) is 0 Å². The van der Waals surface area contributed by atoms with Crippen molar-refractivity contribution in [2.45, 2.75) is 45.4 Å². The van der Waals surface area contributed by atoms with Crippen LogP contribution in [0.3, 0.4) is 0 Å². The monoisotopic (exact) mass is 264 g/mol. The van der Waals surface area contributed by atoms with Crippen LogP contribution >= 0.6 is 0 Å². The Kier molecular flexibility index (Phi) is 4.23. The third kappa shape index (κ3) is 2.96. The largest absolute Gasteiger partial charge is 0.494 e. The Bertz CT molecular complexity index is 462. The molecule has 0 spiro atoms. The van der Waals surface area contributed by atoms with Crippen molar-refractivity contribution in [2.24, 2.45) is 5.41 Å². The van der Waals surface area contributed by atoms with Crippen molar-refractivity contribution in [3.8, 4) is 5.75 Å². The summed E-state index contributed by atoms with van der Waals surface area (Å²) in [6, 6.07) is 4.97. The van der Waals surface area contributed by atoms with Gasteiger partial charge in [0.25, 0.3) is 0 Å². The fourth-order valence-corrected chi connectivity index (χ4v) is 2.85. The summed E-state index contributed by atoms with van der Waals surface area (Å²) in [7, 11) is 1.44. The summed E-state index contributed by atoms with van der Waals surface area (Å²) in [6.07, 6.45) is 5.43. The quantitative estimate of drug-likeness (QED) is 0.824. The number of hydrogen-bond acceptors (Lipinski definition) is 2. The first-order chi connectivity index (χ1) is 9.07. The Hall–Kier alpha value is -1.38. The molecule has 0 aliphatic heterocycles. The maximum Gasteiger partial charge on any atom is 0.168 e. The first-order valence-corrected chi connectivity index (χ1v) is 6.91. The SMILES string of the molecule is COc1cccc(CC(=O)C2(C)CCCCC2)c1F. The van der Waals surface area contributed by atoms with Crippen LogP contribution in [0.2, 0.25) is 0 Å². The molecule has 1 aliphatic carbocycles. The molecule has 2 rings (SSSR count). The highest BCUT2D eigenvalue weighted by Gasteiger charge is 2.34. The van der Waals surface area contributed by atoms with E-state index >= 15 is 0 Å². The topological polar surface area (TPSA) is 26.3 Å². The van der Waals surface area contributed by atoms with Gasteiger partial charge in [0.05, 0.1) is 7.11 Å². The third-order valence-electron chi connectivity index (χ3n) is 4.24. The molecule has 1 saturated carbocycles. The lowest BCUT2D eigenvalue weighted by molar-refractivity contribution is -0.128. The zero-order valence-corrected chi connectivity index (χ0v) is 11.7. The van der Waals surface area contributed by atoms with E-state index in [-0.39, 0.29) is 23.4 Å². The van der Waals surface area contributed by atoms with E-state index in [1.165, 1.54) is 13.5 Å². The van der Waals surface area contributed by atoms with Crippen LogP contribution in [0.4, 0.5) is 4.39 Å². The summed E-state index contributed by atoms with van der Waals surface area (Å²) in [5.74, 6) is -0.0452. The van der Waals surface area contributed by atoms with Gasteiger partial charge in [-0.05, 0) is 24.5 Å². The van der Waals surface area contributed by atoms with Crippen molar-refractivity contribution in [3.63, 3.8) is 0 Å². The van der Waals surface area contributed by atoms with Crippen molar-refractivity contribution in [1.29, 1.82) is 0 Å². The average molecular weight is 264 g/mol. The molecule has 1 aromatic rings. The number of hydrogen-bond donors (Lipinski definition) is 0. The standard InChI is InChI=1S/C16H21FO2/c1-16(9-4-3-5-10-16)14(18)11-12-7-6-8-13(19-2)15(12)17/h6-8H,3-5,9-11H2,1-2H3. The van der Waals surface area contributed by atoms with E-state index in [2.05, 4.69) is 0 Å². The first kappa shape index (κ1) is 14.0. The van der Waals surface area contributed by atoms with E-state index in [4.69, 9.17) is 4.74 Å². The summed E-state index contributed by atoms with van der Waals surface area (Å²) in [5.41, 5.74) is 0.171. The smallest absolute Gasteiger partial charge is 0.168 e. The molecule has 3 heteroatoms. The van der Waals surface area contributed by atoms with Crippen LogP contribution in [-0.4, -0.2) is 12.9 Å². The maximum atomic E-state index is 14.0. The number of carbonyl (C=O) groups is 1. The Morgan fingerprint density at radius 3 is 2.63 bits per heavy atom. The maximum absolute atomic E-state index is 14.0. The number of methoxy groups -OCH3 is 1. The highest BCUT2D eigenvalue weighted by Crippen LogP contribution is 2.37. The second-order valence-electron chi connectivity index (χ2n) is 5.65. The summed E-state index contributed by atoms with van der Waals surface area (Å²) >= 11 is 0. The molecule has 0 N–H and O–H groups in total. The van der Waals surface area contributed by atoms with Gasteiger partial charge in [0.15, 0.2) is 11.6 Å². The molecular weight excluding hydrogens is 243 g/mol. The minimum Gasteiger partial charge on any atom is -0.494 e. The fourth-order valence-electron chi connectivity index (χ4n) is 2.85. The van der Waals surface area contributed by atoms with E-state index in [0.29, 0.717) is 5.56 Å². The number of carbonyl (C=O) groups excluding carboxylic acids is 1. The predicted octanol–water partition coefficient (Wildman–Crippen LogP) is 3.92. The zero-order valence-electron chi connectivity index (χ0n) is 11.7. The Labute approximate surface area is 114 Å². The summed E-state index contributed by atoms with van der Waals surface area (Å²) < 4.78 is 19.0. The fraction of sp³-hybridized carbons (Fsp3) is 0.562. The van der Waals surface area contributed by atoms with Crippen LogP contribution in [0.5, 0.6) is 5.75 Å². The predicted molar refractivity (Wildman–Crippen MR) is 72.9 cm³/mol. The van der Waals surface area contributed by atoms with Gasteiger partial charge in [-0.2, -0.15) is 0 Å². The molecule has 104 valence electrons. The molecule has 1 fully saturated rings. The van der Waals surface area contributed by atoms with Gasteiger partial charge in [-0.15, -0.1) is 0 Å². The van der Waals surface area contributed by atoms with E-state index in [0.717, 1.165) is 25.7 Å². The van der Waals surface area contributed by atoms with Crippen LogP contribution in [0, 0.1) is 11.2 Å². The van der Waals surface area contributed by atoms with Gasteiger partial charge in [0.1, 0.15) is 5.78 Å². The lowest BCUT2D eigenvalue weighted by Crippen LogP contribution is -2.31. The van der Waals surface area contributed by atoms with Crippen LogP contribution in [0.25, 0.3) is 0 Å². The number of ketones is 1. The molecule has 0 radical (unpaired) electrons. The molecule has 0 aromatic heterocycles. The van der Waals surface area contributed by atoms with Crippen molar-refractivity contribution >= 4 is 5.78 Å². The van der Waals surface area contributed by atoms with Gasteiger partial charge >= 0.3 is 0 Å². The van der Waals surface area contributed by atoms with E-state index in [9.17, 15) is 9.18 Å². The number of Topliss-reactive ketones (excluding diaryl/α,β-unsaturated/α-hetero) is 1. The van der Waals surface area contributed by atoms with Crippen molar-refractivity contribution < 1.29 is 13.9 Å². The molecule has 1 aliphatic rings. The normalized spacial score (nSPS) is 18.1. The van der Waals surface area contributed by atoms with Gasteiger partial charge in [0, 0.05) is 11.8 Å². The molecule has 0 saturated heterocycles. The zero-order chi connectivity index (χ0) is 13.9. The number of benzene rings is 1. The van der Waals surface area contributed by atoms with Gasteiger partial charge in [-0.25, -0.2) is 4.39 Å².